The first-order valence-electron chi connectivity index (χ1n) is 5.50. The van der Waals surface area contributed by atoms with E-state index in [1.165, 1.54) is 0 Å². The monoisotopic (exact) mass is 228 g/mol. The van der Waals surface area contributed by atoms with Crippen molar-refractivity contribution in [2.24, 2.45) is 0 Å². The predicted octanol–water partition coefficient (Wildman–Crippen LogP) is 0.910. The topological polar surface area (TPSA) is 47.9 Å². The minimum Gasteiger partial charge on any atom is -0.388 e. The zero-order chi connectivity index (χ0) is 11.8. The van der Waals surface area contributed by atoms with Gasteiger partial charge < -0.3 is 19.3 Å². The molecule has 1 N–H and O–H groups in total. The van der Waals surface area contributed by atoms with Crippen molar-refractivity contribution >= 4 is 0 Å². The van der Waals surface area contributed by atoms with E-state index in [4.69, 9.17) is 14.2 Å². The fourth-order valence-corrected chi connectivity index (χ4v) is 1.67. The van der Waals surface area contributed by atoms with Crippen molar-refractivity contribution in [3.05, 3.63) is 25.3 Å². The normalized spacial score (nSPS) is 29.2. The van der Waals surface area contributed by atoms with Gasteiger partial charge in [0, 0.05) is 6.61 Å². The highest BCUT2D eigenvalue weighted by molar-refractivity contribution is 4.85. The van der Waals surface area contributed by atoms with Gasteiger partial charge in [-0.05, 0) is 6.42 Å². The Bertz CT molecular complexity index is 217. The van der Waals surface area contributed by atoms with Crippen LogP contribution in [-0.4, -0.2) is 49.8 Å². The van der Waals surface area contributed by atoms with E-state index in [1.807, 2.05) is 0 Å². The number of ether oxygens (including phenoxy) is 3. The fraction of sp³-hybridized carbons (Fsp3) is 0.667. The molecule has 1 aliphatic heterocycles. The van der Waals surface area contributed by atoms with Crippen LogP contribution in [0.4, 0.5) is 0 Å². The van der Waals surface area contributed by atoms with E-state index in [2.05, 4.69) is 13.2 Å². The highest BCUT2D eigenvalue weighted by atomic mass is 16.6. The second-order valence-electron chi connectivity index (χ2n) is 3.68. The summed E-state index contributed by atoms with van der Waals surface area (Å²) in [7, 11) is 0. The second-order valence-corrected chi connectivity index (χ2v) is 3.68. The Morgan fingerprint density at radius 3 is 2.75 bits per heavy atom. The summed E-state index contributed by atoms with van der Waals surface area (Å²) in [6.07, 6.45) is 3.16. The highest BCUT2D eigenvalue weighted by Gasteiger charge is 2.36. The van der Waals surface area contributed by atoms with Crippen LogP contribution in [0.5, 0.6) is 0 Å². The molecule has 0 aliphatic carbocycles. The van der Waals surface area contributed by atoms with Crippen LogP contribution < -0.4 is 0 Å². The Morgan fingerprint density at radius 1 is 1.31 bits per heavy atom. The lowest BCUT2D eigenvalue weighted by Gasteiger charge is -2.20. The average Bonchev–Trinajstić information content (AvgIpc) is 2.63. The number of rotatable bonds is 8. The molecule has 4 nitrogen and oxygen atoms in total. The molecule has 0 saturated carbocycles. The van der Waals surface area contributed by atoms with Crippen molar-refractivity contribution in [3.63, 3.8) is 0 Å². The summed E-state index contributed by atoms with van der Waals surface area (Å²) in [5.74, 6) is 0. The molecule has 0 amide bonds. The lowest BCUT2D eigenvalue weighted by atomic mass is 10.1. The summed E-state index contributed by atoms with van der Waals surface area (Å²) in [6, 6.07) is 0. The van der Waals surface area contributed by atoms with Crippen molar-refractivity contribution in [3.8, 4) is 0 Å². The minimum atomic E-state index is -0.552. The molecule has 1 fully saturated rings. The fourth-order valence-electron chi connectivity index (χ4n) is 1.67. The first-order chi connectivity index (χ1) is 7.79. The highest BCUT2D eigenvalue weighted by Crippen LogP contribution is 2.20. The predicted molar refractivity (Wildman–Crippen MR) is 61.3 cm³/mol. The molecule has 16 heavy (non-hydrogen) atoms. The van der Waals surface area contributed by atoms with Crippen LogP contribution in [-0.2, 0) is 14.2 Å². The average molecular weight is 228 g/mol. The molecule has 0 aromatic heterocycles. The summed E-state index contributed by atoms with van der Waals surface area (Å²) >= 11 is 0. The maximum absolute atomic E-state index is 9.65. The van der Waals surface area contributed by atoms with Crippen molar-refractivity contribution < 1.29 is 19.3 Å². The quantitative estimate of drug-likeness (QED) is 0.495. The first-order valence-corrected chi connectivity index (χ1v) is 5.50. The van der Waals surface area contributed by atoms with E-state index in [0.717, 1.165) is 0 Å². The molecule has 1 heterocycles. The van der Waals surface area contributed by atoms with E-state index in [0.29, 0.717) is 32.8 Å². The van der Waals surface area contributed by atoms with E-state index >= 15 is 0 Å². The molecule has 92 valence electrons. The van der Waals surface area contributed by atoms with Gasteiger partial charge in [0.05, 0.1) is 25.9 Å². The molecule has 1 aliphatic rings. The van der Waals surface area contributed by atoms with Crippen LogP contribution in [0.1, 0.15) is 6.42 Å². The summed E-state index contributed by atoms with van der Waals surface area (Å²) in [6.45, 7) is 9.01. The molecule has 0 aromatic rings. The van der Waals surface area contributed by atoms with E-state index in [1.54, 1.807) is 12.2 Å². The molecular formula is C12H20O4. The molecule has 1 rings (SSSR count). The van der Waals surface area contributed by atoms with Gasteiger partial charge in [-0.1, -0.05) is 12.2 Å². The van der Waals surface area contributed by atoms with Crippen LogP contribution in [0.3, 0.4) is 0 Å². The Hall–Kier alpha value is -0.680. The third-order valence-corrected chi connectivity index (χ3v) is 2.42. The van der Waals surface area contributed by atoms with Gasteiger partial charge in [0.25, 0.3) is 0 Å². The minimum absolute atomic E-state index is 0.0974. The van der Waals surface area contributed by atoms with Crippen LogP contribution in [0.15, 0.2) is 25.3 Å². The zero-order valence-corrected chi connectivity index (χ0v) is 9.51. The van der Waals surface area contributed by atoms with E-state index in [-0.39, 0.29) is 12.2 Å². The third kappa shape index (κ3) is 4.06. The van der Waals surface area contributed by atoms with Crippen LogP contribution in [0, 0.1) is 0 Å². The van der Waals surface area contributed by atoms with Gasteiger partial charge in [-0.3, -0.25) is 0 Å². The van der Waals surface area contributed by atoms with Gasteiger partial charge in [-0.15, -0.1) is 13.2 Å². The van der Waals surface area contributed by atoms with Crippen LogP contribution >= 0.6 is 0 Å². The van der Waals surface area contributed by atoms with Crippen molar-refractivity contribution in [1.82, 2.24) is 0 Å². The maximum Gasteiger partial charge on any atom is 0.112 e. The molecule has 3 atom stereocenters. The van der Waals surface area contributed by atoms with Crippen LogP contribution in [0.2, 0.25) is 0 Å². The molecule has 0 radical (unpaired) electrons. The lowest BCUT2D eigenvalue weighted by molar-refractivity contribution is -0.0354. The Morgan fingerprint density at radius 2 is 2.06 bits per heavy atom. The molecule has 0 aromatic carbocycles. The van der Waals surface area contributed by atoms with Gasteiger partial charge in [0.2, 0.25) is 0 Å². The number of hydrogen-bond donors (Lipinski definition) is 1. The molecule has 1 saturated heterocycles. The summed E-state index contributed by atoms with van der Waals surface area (Å²) in [5.41, 5.74) is 0. The molecule has 0 unspecified atom stereocenters. The van der Waals surface area contributed by atoms with Gasteiger partial charge in [-0.25, -0.2) is 0 Å². The van der Waals surface area contributed by atoms with E-state index < -0.39 is 6.10 Å². The molecule has 0 spiro atoms. The SMILES string of the molecule is C=CCOCC[C@H]1OC[C@H](O)[C@@H]1OCC=C. The zero-order valence-electron chi connectivity index (χ0n) is 9.51. The third-order valence-electron chi connectivity index (χ3n) is 2.42. The van der Waals surface area contributed by atoms with Gasteiger partial charge in [0.15, 0.2) is 0 Å². The number of aliphatic hydroxyl groups is 1. The Balaban J connectivity index is 2.27. The molecule has 0 bridgehead atoms. The van der Waals surface area contributed by atoms with E-state index in [9.17, 15) is 5.11 Å². The Labute approximate surface area is 96.5 Å². The van der Waals surface area contributed by atoms with Gasteiger partial charge >= 0.3 is 0 Å². The summed E-state index contributed by atoms with van der Waals surface area (Å²) in [5, 5.41) is 9.65. The first kappa shape index (κ1) is 13.4. The molecule has 4 heteroatoms. The molecular weight excluding hydrogens is 208 g/mol. The van der Waals surface area contributed by atoms with Crippen LogP contribution in [0.25, 0.3) is 0 Å². The Kier molecular flexibility index (Phi) is 6.33. The summed E-state index contributed by atoms with van der Waals surface area (Å²) < 4.78 is 16.2. The second kappa shape index (κ2) is 7.57. The largest absolute Gasteiger partial charge is 0.388 e. The van der Waals surface area contributed by atoms with Gasteiger partial charge in [0.1, 0.15) is 12.2 Å². The number of hydrogen-bond acceptors (Lipinski definition) is 4. The van der Waals surface area contributed by atoms with Crippen molar-refractivity contribution in [1.29, 1.82) is 0 Å². The standard InChI is InChI=1S/C12H20O4/c1-3-6-14-8-5-11-12(15-7-4-2)10(13)9-16-11/h3-4,10-13H,1-2,5-9H2/t10-,11+,12-/m0/s1. The maximum atomic E-state index is 9.65. The smallest absolute Gasteiger partial charge is 0.112 e. The van der Waals surface area contributed by atoms with Crippen molar-refractivity contribution in [2.75, 3.05) is 26.4 Å². The van der Waals surface area contributed by atoms with Crippen molar-refractivity contribution in [2.45, 2.75) is 24.7 Å². The summed E-state index contributed by atoms with van der Waals surface area (Å²) in [4.78, 5) is 0. The van der Waals surface area contributed by atoms with Gasteiger partial charge in [-0.2, -0.15) is 0 Å². The number of aliphatic hydroxyl groups excluding tert-OH is 1. The lowest BCUT2D eigenvalue weighted by Crippen LogP contribution is -2.34.